The van der Waals surface area contributed by atoms with Crippen LogP contribution in [0, 0.1) is 0 Å². The van der Waals surface area contributed by atoms with Crippen LogP contribution in [0.3, 0.4) is 0 Å². The summed E-state index contributed by atoms with van der Waals surface area (Å²) in [5.41, 5.74) is -2.59. The number of rotatable bonds is 3. The summed E-state index contributed by atoms with van der Waals surface area (Å²) in [4.78, 5) is 37.3. The first-order chi connectivity index (χ1) is 11.7. The Labute approximate surface area is 173 Å². The van der Waals surface area contributed by atoms with Crippen molar-refractivity contribution in [2.75, 3.05) is 0 Å². The number of halogens is 1. The fourth-order valence-electron chi connectivity index (χ4n) is 2.28. The third-order valence-electron chi connectivity index (χ3n) is 3.43. The zero-order valence-electron chi connectivity index (χ0n) is 13.2. The average Bonchev–Trinajstić information content (AvgIpc) is 2.54. The van der Waals surface area contributed by atoms with E-state index in [0.717, 1.165) is 24.3 Å². The number of aromatic amines is 1. The van der Waals surface area contributed by atoms with Crippen molar-refractivity contribution >= 4 is 38.5 Å². The molecule has 0 aliphatic rings. The maximum atomic E-state index is 12.7. The first-order valence-corrected chi connectivity index (χ1v) is 8.55. The van der Waals surface area contributed by atoms with Crippen molar-refractivity contribution < 1.29 is 47.9 Å². The van der Waals surface area contributed by atoms with Gasteiger partial charge in [-0.25, -0.2) is 13.2 Å². The molecule has 0 saturated heterocycles. The molecule has 0 saturated carbocycles. The molecule has 0 aliphatic heterocycles. The molecule has 0 amide bonds. The molecule has 0 fully saturated rings. The number of H-pyrrole nitrogens is 1. The molecule has 1 N–H and O–H groups in total. The van der Waals surface area contributed by atoms with Gasteiger partial charge in [0, 0.05) is 5.02 Å². The van der Waals surface area contributed by atoms with Crippen LogP contribution >= 0.6 is 11.6 Å². The summed E-state index contributed by atoms with van der Waals surface area (Å²) in [5.74, 6) is -1.59. The van der Waals surface area contributed by atoms with Crippen LogP contribution < -0.4 is 45.9 Å². The van der Waals surface area contributed by atoms with Crippen LogP contribution in [0.25, 0.3) is 10.9 Å². The number of carbonyl (C=O) groups is 1. The van der Waals surface area contributed by atoms with E-state index in [2.05, 4.69) is 4.98 Å². The molecule has 2 aromatic carbocycles. The number of carbonyl (C=O) groups excluding carboxylic acids is 1. The van der Waals surface area contributed by atoms with E-state index in [1.165, 1.54) is 18.2 Å². The van der Waals surface area contributed by atoms with Gasteiger partial charge in [0.05, 0.1) is 21.8 Å². The molecule has 3 rings (SSSR count). The van der Waals surface area contributed by atoms with Crippen LogP contribution in [0.5, 0.6) is 0 Å². The summed E-state index contributed by atoms with van der Waals surface area (Å²) >= 11 is 5.79. The van der Waals surface area contributed by atoms with Gasteiger partial charge in [-0.1, -0.05) is 23.7 Å². The number of hydrogen-bond acceptors (Lipinski definition) is 6. The van der Waals surface area contributed by atoms with Gasteiger partial charge in [-0.3, -0.25) is 4.79 Å². The molecular weight excluding hydrogens is 395 g/mol. The van der Waals surface area contributed by atoms with Gasteiger partial charge >= 0.3 is 35.2 Å². The Hall–Kier alpha value is -1.91. The molecule has 0 bridgehead atoms. The van der Waals surface area contributed by atoms with Crippen molar-refractivity contribution in [3.8, 4) is 0 Å². The molecular formula is C15H8ClN2NaO6S. The quantitative estimate of drug-likeness (QED) is 0.463. The van der Waals surface area contributed by atoms with Crippen molar-refractivity contribution in [1.82, 2.24) is 8.96 Å². The van der Waals surface area contributed by atoms with E-state index in [1.54, 1.807) is 0 Å². The fraction of sp³-hybridized carbons (Fsp3) is 0. The van der Waals surface area contributed by atoms with E-state index in [9.17, 15) is 27.9 Å². The van der Waals surface area contributed by atoms with Gasteiger partial charge in [-0.05, 0) is 35.9 Å². The topological polar surface area (TPSA) is 129 Å². The molecule has 0 aliphatic carbocycles. The Kier molecular flexibility index (Phi) is 5.79. The minimum absolute atomic E-state index is 0. The smallest absolute Gasteiger partial charge is 0.545 e. The van der Waals surface area contributed by atoms with Gasteiger partial charge in [0.25, 0.3) is 15.6 Å². The average molecular weight is 403 g/mol. The number of aromatic carboxylic acids is 1. The van der Waals surface area contributed by atoms with Gasteiger partial charge in [0.2, 0.25) is 0 Å². The molecule has 0 unspecified atom stereocenters. The first-order valence-electron chi connectivity index (χ1n) is 6.73. The Morgan fingerprint density at radius 1 is 1.12 bits per heavy atom. The molecule has 0 radical (unpaired) electrons. The van der Waals surface area contributed by atoms with Crippen LogP contribution in [0.2, 0.25) is 5.02 Å². The zero-order chi connectivity index (χ0) is 18.4. The van der Waals surface area contributed by atoms with Crippen LogP contribution in [-0.2, 0) is 10.0 Å². The van der Waals surface area contributed by atoms with Crippen molar-refractivity contribution in [3.63, 3.8) is 0 Å². The predicted molar refractivity (Wildman–Crippen MR) is 87.2 cm³/mol. The largest absolute Gasteiger partial charge is 1.00 e. The van der Waals surface area contributed by atoms with E-state index in [1.807, 2.05) is 0 Å². The maximum Gasteiger partial charge on any atom is 1.00 e. The number of aromatic nitrogens is 2. The van der Waals surface area contributed by atoms with Gasteiger partial charge in [-0.2, -0.15) is 0 Å². The number of nitrogens with zero attached hydrogens (tertiary/aromatic N) is 1. The summed E-state index contributed by atoms with van der Waals surface area (Å²) in [6.45, 7) is 0. The predicted octanol–water partition coefficient (Wildman–Crippen LogP) is -3.05. The second kappa shape index (κ2) is 7.37. The Morgan fingerprint density at radius 2 is 1.81 bits per heavy atom. The number of hydrogen-bond donors (Lipinski definition) is 1. The fourth-order valence-corrected chi connectivity index (χ4v) is 3.77. The first kappa shape index (κ1) is 20.4. The van der Waals surface area contributed by atoms with Crippen LogP contribution in [-0.4, -0.2) is 23.3 Å². The molecule has 3 aromatic rings. The number of fused-ring (bicyclic) bond motifs is 1. The number of nitrogens with one attached hydrogen (secondary N) is 1. The number of carboxylic acid groups (broad SMARTS) is 1. The van der Waals surface area contributed by atoms with E-state index in [4.69, 9.17) is 11.6 Å². The van der Waals surface area contributed by atoms with Crippen LogP contribution in [0.4, 0.5) is 0 Å². The SMILES string of the molecule is O=C([O-])c1cccc(S(=O)(=O)n2c(=O)[nH]c3cc(Cl)ccc3c2=O)c1.[Na+]. The molecule has 8 nitrogen and oxygen atoms in total. The van der Waals surface area contributed by atoms with Gasteiger partial charge in [0.1, 0.15) is 0 Å². The molecule has 128 valence electrons. The summed E-state index contributed by atoms with van der Waals surface area (Å²) < 4.78 is 25.4. The minimum atomic E-state index is -4.62. The Morgan fingerprint density at radius 3 is 2.46 bits per heavy atom. The van der Waals surface area contributed by atoms with E-state index < -0.39 is 37.7 Å². The summed E-state index contributed by atoms with van der Waals surface area (Å²) in [5, 5.41) is 11.1. The van der Waals surface area contributed by atoms with E-state index in [-0.39, 0.29) is 49.5 Å². The minimum Gasteiger partial charge on any atom is -0.545 e. The van der Waals surface area contributed by atoms with Crippen molar-refractivity contribution in [2.24, 2.45) is 0 Å². The van der Waals surface area contributed by atoms with Crippen LogP contribution in [0.15, 0.2) is 56.9 Å². The second-order valence-corrected chi connectivity index (χ2v) is 7.23. The number of carboxylic acids is 1. The molecule has 11 heteroatoms. The third-order valence-corrected chi connectivity index (χ3v) is 5.33. The van der Waals surface area contributed by atoms with Crippen molar-refractivity contribution in [1.29, 1.82) is 0 Å². The molecule has 1 heterocycles. The zero-order valence-corrected chi connectivity index (χ0v) is 16.8. The monoisotopic (exact) mass is 402 g/mol. The third kappa shape index (κ3) is 3.49. The Bertz CT molecular complexity index is 1250. The van der Waals surface area contributed by atoms with Crippen molar-refractivity contribution in [3.05, 3.63) is 73.9 Å². The summed E-state index contributed by atoms with van der Waals surface area (Å²) in [6.07, 6.45) is 0. The van der Waals surface area contributed by atoms with Gasteiger partial charge < -0.3 is 14.9 Å². The van der Waals surface area contributed by atoms with Crippen LogP contribution in [0.1, 0.15) is 10.4 Å². The number of benzene rings is 2. The maximum absolute atomic E-state index is 12.7. The van der Waals surface area contributed by atoms with E-state index >= 15 is 0 Å². The molecule has 1 aromatic heterocycles. The summed E-state index contributed by atoms with van der Waals surface area (Å²) in [7, 11) is -4.62. The molecule has 0 atom stereocenters. The standard InChI is InChI=1S/C15H9ClN2O6S.Na/c16-9-4-5-11-12(7-9)17-15(22)18(13(11)19)25(23,24)10-3-1-2-8(6-10)14(20)21;/h1-7H,(H,17,22)(H,20,21);/q;+1/p-1. The van der Waals surface area contributed by atoms with Gasteiger partial charge in [0.15, 0.2) is 0 Å². The summed E-state index contributed by atoms with van der Waals surface area (Å²) in [6, 6.07) is 8.13. The molecule has 0 spiro atoms. The van der Waals surface area contributed by atoms with Gasteiger partial charge in [-0.15, -0.1) is 3.97 Å². The molecule has 26 heavy (non-hydrogen) atoms. The van der Waals surface area contributed by atoms with Crippen molar-refractivity contribution in [2.45, 2.75) is 4.90 Å². The Balaban J connectivity index is 0.00000243. The normalized spacial score (nSPS) is 11.1. The van der Waals surface area contributed by atoms with E-state index in [0.29, 0.717) is 0 Å². The second-order valence-electron chi connectivity index (χ2n) is 5.01.